The highest BCUT2D eigenvalue weighted by Gasteiger charge is 2.22. The van der Waals surface area contributed by atoms with Crippen molar-refractivity contribution in [2.24, 2.45) is 0 Å². The first-order valence-corrected chi connectivity index (χ1v) is 8.36. The lowest BCUT2D eigenvalue weighted by molar-refractivity contribution is 0.614. The first-order valence-electron chi connectivity index (χ1n) is 7.54. The van der Waals surface area contributed by atoms with E-state index < -0.39 is 0 Å². The minimum absolute atomic E-state index is 0.510. The molecule has 1 unspecified atom stereocenters. The van der Waals surface area contributed by atoms with Gasteiger partial charge in [0.15, 0.2) is 5.13 Å². The van der Waals surface area contributed by atoms with Gasteiger partial charge >= 0.3 is 0 Å². The largest absolute Gasteiger partial charge is 0.345 e. The molecule has 4 heteroatoms. The van der Waals surface area contributed by atoms with Crippen molar-refractivity contribution in [2.45, 2.75) is 65.0 Å². The van der Waals surface area contributed by atoms with Crippen LogP contribution in [0.4, 0.5) is 5.13 Å². The van der Waals surface area contributed by atoms with Crippen molar-refractivity contribution >= 4 is 16.5 Å². The zero-order valence-corrected chi connectivity index (χ0v) is 13.5. The summed E-state index contributed by atoms with van der Waals surface area (Å²) in [4.78, 5) is 8.89. The lowest BCUT2D eigenvalue weighted by atomic mass is 10.1. The molecular formula is C15H27N3S. The average molecular weight is 281 g/mol. The molecule has 108 valence electrons. The minimum Gasteiger partial charge on any atom is -0.345 e. The Morgan fingerprint density at radius 1 is 1.37 bits per heavy atom. The van der Waals surface area contributed by atoms with Gasteiger partial charge in [-0.1, -0.05) is 26.7 Å². The second kappa shape index (κ2) is 6.71. The maximum absolute atomic E-state index is 4.95. The van der Waals surface area contributed by atoms with Crippen molar-refractivity contribution in [3.63, 3.8) is 0 Å². The molecule has 1 N–H and O–H groups in total. The highest BCUT2D eigenvalue weighted by atomic mass is 32.1. The van der Waals surface area contributed by atoms with Gasteiger partial charge in [0.1, 0.15) is 0 Å². The topological polar surface area (TPSA) is 28.2 Å². The third-order valence-electron chi connectivity index (χ3n) is 3.90. The predicted octanol–water partition coefficient (Wildman–Crippen LogP) is 3.75. The third-order valence-corrected chi connectivity index (χ3v) is 5.01. The van der Waals surface area contributed by atoms with E-state index in [0.717, 1.165) is 6.54 Å². The van der Waals surface area contributed by atoms with Crippen LogP contribution < -0.4 is 10.2 Å². The molecule has 19 heavy (non-hydrogen) atoms. The SMILES string of the molecule is CNCc1sc(N2CCCCCC2C)nc1C(C)C. The Morgan fingerprint density at radius 2 is 2.16 bits per heavy atom. The molecule has 0 aromatic carbocycles. The van der Waals surface area contributed by atoms with E-state index in [9.17, 15) is 0 Å². The molecule has 0 amide bonds. The predicted molar refractivity (Wildman–Crippen MR) is 84.2 cm³/mol. The standard InChI is InChI=1S/C15H27N3S/c1-11(2)14-13(10-16-4)19-15(17-14)18-9-7-5-6-8-12(18)3/h11-12,16H,5-10H2,1-4H3. The molecule has 0 spiro atoms. The monoisotopic (exact) mass is 281 g/mol. The average Bonchev–Trinajstić information content (AvgIpc) is 2.66. The van der Waals surface area contributed by atoms with Gasteiger partial charge in [0.2, 0.25) is 0 Å². The number of nitrogens with one attached hydrogen (secondary N) is 1. The molecule has 1 fully saturated rings. The van der Waals surface area contributed by atoms with Crippen LogP contribution in [-0.2, 0) is 6.54 Å². The van der Waals surface area contributed by atoms with Gasteiger partial charge in [-0.2, -0.15) is 0 Å². The summed E-state index contributed by atoms with van der Waals surface area (Å²) < 4.78 is 0. The van der Waals surface area contributed by atoms with Crippen LogP contribution in [0.2, 0.25) is 0 Å². The van der Waals surface area contributed by atoms with Gasteiger partial charge in [-0.3, -0.25) is 0 Å². The molecule has 1 aliphatic rings. The van der Waals surface area contributed by atoms with Gasteiger partial charge in [-0.25, -0.2) is 4.98 Å². The van der Waals surface area contributed by atoms with Crippen LogP contribution in [-0.4, -0.2) is 24.6 Å². The van der Waals surface area contributed by atoms with Gasteiger partial charge in [0, 0.05) is 24.0 Å². The van der Waals surface area contributed by atoms with Crippen molar-refractivity contribution in [3.8, 4) is 0 Å². The Kier molecular flexibility index (Phi) is 5.22. The van der Waals surface area contributed by atoms with Crippen LogP contribution in [0.15, 0.2) is 0 Å². The van der Waals surface area contributed by atoms with Crippen molar-refractivity contribution < 1.29 is 0 Å². The van der Waals surface area contributed by atoms with Crippen molar-refractivity contribution in [2.75, 3.05) is 18.5 Å². The number of thiazole rings is 1. The van der Waals surface area contributed by atoms with Gasteiger partial charge in [-0.05, 0) is 32.7 Å². The molecule has 0 saturated carbocycles. The Bertz CT molecular complexity index is 400. The number of rotatable bonds is 4. The van der Waals surface area contributed by atoms with E-state index >= 15 is 0 Å². The molecule has 3 nitrogen and oxygen atoms in total. The van der Waals surface area contributed by atoms with E-state index in [-0.39, 0.29) is 0 Å². The molecule has 0 radical (unpaired) electrons. The summed E-state index contributed by atoms with van der Waals surface area (Å²) in [5.41, 5.74) is 1.28. The van der Waals surface area contributed by atoms with Crippen LogP contribution in [0, 0.1) is 0 Å². The first kappa shape index (κ1) is 14.8. The Hall–Kier alpha value is -0.610. The molecule has 0 bridgehead atoms. The fraction of sp³-hybridized carbons (Fsp3) is 0.800. The fourth-order valence-electron chi connectivity index (χ4n) is 2.77. The van der Waals surface area contributed by atoms with E-state index in [1.54, 1.807) is 0 Å². The summed E-state index contributed by atoms with van der Waals surface area (Å²) in [5.74, 6) is 0.510. The third kappa shape index (κ3) is 3.48. The Labute approximate surface area is 121 Å². The van der Waals surface area contributed by atoms with E-state index in [0.29, 0.717) is 12.0 Å². The molecule has 1 aromatic rings. The highest BCUT2D eigenvalue weighted by molar-refractivity contribution is 7.15. The Morgan fingerprint density at radius 3 is 2.84 bits per heavy atom. The maximum atomic E-state index is 4.95. The summed E-state index contributed by atoms with van der Waals surface area (Å²) in [6, 6.07) is 0.635. The van der Waals surface area contributed by atoms with Crippen molar-refractivity contribution in [1.82, 2.24) is 10.3 Å². The van der Waals surface area contributed by atoms with Crippen molar-refractivity contribution in [1.29, 1.82) is 0 Å². The zero-order valence-electron chi connectivity index (χ0n) is 12.7. The highest BCUT2D eigenvalue weighted by Crippen LogP contribution is 2.33. The number of hydrogen-bond donors (Lipinski definition) is 1. The number of hydrogen-bond acceptors (Lipinski definition) is 4. The minimum atomic E-state index is 0.510. The van der Waals surface area contributed by atoms with Gasteiger partial charge in [-0.15, -0.1) is 11.3 Å². The van der Waals surface area contributed by atoms with Crippen LogP contribution in [0.25, 0.3) is 0 Å². The van der Waals surface area contributed by atoms with E-state index in [4.69, 9.17) is 4.98 Å². The molecule has 1 aliphatic heterocycles. The molecule has 1 aromatic heterocycles. The zero-order chi connectivity index (χ0) is 13.8. The number of aromatic nitrogens is 1. The smallest absolute Gasteiger partial charge is 0.186 e. The van der Waals surface area contributed by atoms with Crippen molar-refractivity contribution in [3.05, 3.63) is 10.6 Å². The molecule has 2 heterocycles. The maximum Gasteiger partial charge on any atom is 0.186 e. The molecule has 1 saturated heterocycles. The normalized spacial score (nSPS) is 20.9. The van der Waals surface area contributed by atoms with Crippen LogP contribution >= 0.6 is 11.3 Å². The van der Waals surface area contributed by atoms with E-state index in [2.05, 4.69) is 31.0 Å². The molecule has 1 atom stereocenters. The number of anilines is 1. The lowest BCUT2D eigenvalue weighted by Crippen LogP contribution is -2.32. The number of nitrogens with zero attached hydrogens (tertiary/aromatic N) is 2. The quantitative estimate of drug-likeness (QED) is 0.911. The van der Waals surface area contributed by atoms with Crippen LogP contribution in [0.3, 0.4) is 0 Å². The molecule has 2 rings (SSSR count). The lowest BCUT2D eigenvalue weighted by Gasteiger charge is -2.26. The summed E-state index contributed by atoms with van der Waals surface area (Å²) >= 11 is 1.88. The Balaban J connectivity index is 2.25. The molecule has 0 aliphatic carbocycles. The van der Waals surface area contributed by atoms with E-state index in [1.807, 2.05) is 18.4 Å². The van der Waals surface area contributed by atoms with Gasteiger partial charge in [0.05, 0.1) is 5.69 Å². The second-order valence-corrected chi connectivity index (χ2v) is 6.94. The van der Waals surface area contributed by atoms with E-state index in [1.165, 1.54) is 47.9 Å². The molecular weight excluding hydrogens is 254 g/mol. The van der Waals surface area contributed by atoms with Crippen LogP contribution in [0.5, 0.6) is 0 Å². The van der Waals surface area contributed by atoms with Gasteiger partial charge in [0.25, 0.3) is 0 Å². The summed E-state index contributed by atoms with van der Waals surface area (Å²) in [6.07, 6.45) is 5.34. The van der Waals surface area contributed by atoms with Crippen LogP contribution in [0.1, 0.15) is 62.9 Å². The second-order valence-electron chi connectivity index (χ2n) is 5.88. The van der Waals surface area contributed by atoms with Gasteiger partial charge < -0.3 is 10.2 Å². The summed E-state index contributed by atoms with van der Waals surface area (Å²) in [6.45, 7) is 8.94. The first-order chi connectivity index (χ1) is 9.13. The summed E-state index contributed by atoms with van der Waals surface area (Å²) in [5, 5.41) is 4.51. The summed E-state index contributed by atoms with van der Waals surface area (Å²) in [7, 11) is 2.01. The fourth-order valence-corrected chi connectivity index (χ4v) is 4.13.